The van der Waals surface area contributed by atoms with E-state index in [1.165, 1.54) is 11.3 Å². The van der Waals surface area contributed by atoms with Gasteiger partial charge in [0.05, 0.1) is 0 Å². The Morgan fingerprint density at radius 1 is 1.50 bits per heavy atom. The molecular formula is C10H14N6OS. The van der Waals surface area contributed by atoms with Crippen LogP contribution in [0.1, 0.15) is 23.1 Å². The topological polar surface area (TPSA) is 84.7 Å². The van der Waals surface area contributed by atoms with Crippen molar-refractivity contribution in [2.24, 2.45) is 7.05 Å². The van der Waals surface area contributed by atoms with Crippen molar-refractivity contribution in [1.82, 2.24) is 20.0 Å². The van der Waals surface area contributed by atoms with E-state index in [4.69, 9.17) is 0 Å². The molecular weight excluding hydrogens is 252 g/mol. The van der Waals surface area contributed by atoms with Gasteiger partial charge in [-0.3, -0.25) is 9.48 Å². The van der Waals surface area contributed by atoms with Gasteiger partial charge < -0.3 is 10.6 Å². The number of rotatable bonds is 5. The van der Waals surface area contributed by atoms with Crippen LogP contribution in [-0.2, 0) is 7.05 Å². The molecule has 18 heavy (non-hydrogen) atoms. The lowest BCUT2D eigenvalue weighted by Gasteiger charge is -1.97. The number of carbonyl (C=O) groups excluding carboxylic acids is 1. The van der Waals surface area contributed by atoms with Crippen LogP contribution < -0.4 is 10.6 Å². The molecule has 1 amide bonds. The molecule has 0 radical (unpaired) electrons. The first-order valence-corrected chi connectivity index (χ1v) is 6.39. The van der Waals surface area contributed by atoms with Crippen molar-refractivity contribution in [3.8, 4) is 0 Å². The molecule has 0 saturated heterocycles. The van der Waals surface area contributed by atoms with Crippen LogP contribution >= 0.6 is 11.3 Å². The molecule has 0 aromatic carbocycles. The Morgan fingerprint density at radius 2 is 2.33 bits per heavy atom. The highest BCUT2D eigenvalue weighted by molar-refractivity contribution is 7.17. The van der Waals surface area contributed by atoms with Crippen molar-refractivity contribution in [2.45, 2.75) is 13.3 Å². The molecule has 0 spiro atoms. The Kier molecular flexibility index (Phi) is 3.88. The fourth-order valence-electron chi connectivity index (χ4n) is 1.27. The molecule has 0 aliphatic rings. The quantitative estimate of drug-likeness (QED) is 0.853. The SMILES string of the molecule is CCCNc1nnc(C(=O)Nc2ccn(C)n2)s1. The lowest BCUT2D eigenvalue weighted by atomic mass is 10.5. The van der Waals surface area contributed by atoms with Gasteiger partial charge in [0.2, 0.25) is 10.1 Å². The van der Waals surface area contributed by atoms with E-state index < -0.39 is 0 Å². The smallest absolute Gasteiger partial charge is 0.287 e. The molecule has 0 aliphatic carbocycles. The van der Waals surface area contributed by atoms with Crippen LogP contribution in [0.3, 0.4) is 0 Å². The predicted molar refractivity (Wildman–Crippen MR) is 69.9 cm³/mol. The second-order valence-corrected chi connectivity index (χ2v) is 4.65. The molecule has 0 fully saturated rings. The van der Waals surface area contributed by atoms with Crippen molar-refractivity contribution < 1.29 is 4.79 Å². The van der Waals surface area contributed by atoms with Crippen molar-refractivity contribution >= 4 is 28.2 Å². The zero-order chi connectivity index (χ0) is 13.0. The summed E-state index contributed by atoms with van der Waals surface area (Å²) in [5.74, 6) is 0.205. The first-order chi connectivity index (χ1) is 8.69. The number of carbonyl (C=O) groups is 1. The largest absolute Gasteiger partial charge is 0.360 e. The second kappa shape index (κ2) is 5.58. The average molecular weight is 266 g/mol. The predicted octanol–water partition coefficient (Wildman–Crippen LogP) is 1.35. The van der Waals surface area contributed by atoms with Crippen LogP contribution in [0, 0.1) is 0 Å². The van der Waals surface area contributed by atoms with E-state index in [0.29, 0.717) is 16.0 Å². The third kappa shape index (κ3) is 3.04. The van der Waals surface area contributed by atoms with E-state index in [2.05, 4.69) is 32.9 Å². The Hall–Kier alpha value is -1.96. The summed E-state index contributed by atoms with van der Waals surface area (Å²) in [7, 11) is 1.79. The molecule has 2 aromatic rings. The molecule has 0 aliphatic heterocycles. The Morgan fingerprint density at radius 3 is 3.00 bits per heavy atom. The summed E-state index contributed by atoms with van der Waals surface area (Å²) in [6.45, 7) is 2.87. The number of nitrogens with one attached hydrogen (secondary N) is 2. The maximum Gasteiger partial charge on any atom is 0.287 e. The lowest BCUT2D eigenvalue weighted by molar-refractivity contribution is 0.102. The van der Waals surface area contributed by atoms with Crippen LogP contribution in [-0.4, -0.2) is 32.4 Å². The van der Waals surface area contributed by atoms with Crippen molar-refractivity contribution in [3.05, 3.63) is 17.3 Å². The highest BCUT2D eigenvalue weighted by Gasteiger charge is 2.13. The molecule has 0 unspecified atom stereocenters. The number of hydrogen-bond donors (Lipinski definition) is 2. The zero-order valence-electron chi connectivity index (χ0n) is 10.2. The number of aryl methyl sites for hydroxylation is 1. The third-order valence-electron chi connectivity index (χ3n) is 2.10. The molecule has 0 saturated carbocycles. The van der Waals surface area contributed by atoms with E-state index in [9.17, 15) is 4.79 Å². The van der Waals surface area contributed by atoms with Gasteiger partial charge in [0.25, 0.3) is 5.91 Å². The summed E-state index contributed by atoms with van der Waals surface area (Å²) in [5, 5.41) is 18.5. The highest BCUT2D eigenvalue weighted by Crippen LogP contribution is 2.16. The Balaban J connectivity index is 1.98. The minimum Gasteiger partial charge on any atom is -0.360 e. The van der Waals surface area contributed by atoms with Crippen LogP contribution in [0.15, 0.2) is 12.3 Å². The van der Waals surface area contributed by atoms with Gasteiger partial charge >= 0.3 is 0 Å². The molecule has 2 heterocycles. The Labute approximate surface area is 108 Å². The minimum atomic E-state index is -0.296. The maximum absolute atomic E-state index is 11.8. The maximum atomic E-state index is 11.8. The van der Waals surface area contributed by atoms with Gasteiger partial charge in [0.1, 0.15) is 0 Å². The lowest BCUT2D eigenvalue weighted by Crippen LogP contribution is -2.12. The molecule has 0 bridgehead atoms. The van der Waals surface area contributed by atoms with E-state index in [-0.39, 0.29) is 5.91 Å². The fraction of sp³-hybridized carbons (Fsp3) is 0.400. The third-order valence-corrected chi connectivity index (χ3v) is 2.98. The van der Waals surface area contributed by atoms with Crippen molar-refractivity contribution in [2.75, 3.05) is 17.2 Å². The summed E-state index contributed by atoms with van der Waals surface area (Å²) >= 11 is 1.23. The number of aromatic nitrogens is 4. The molecule has 0 atom stereocenters. The van der Waals surface area contributed by atoms with Gasteiger partial charge in [-0.2, -0.15) is 5.10 Å². The van der Waals surface area contributed by atoms with Crippen molar-refractivity contribution in [1.29, 1.82) is 0 Å². The summed E-state index contributed by atoms with van der Waals surface area (Å²) in [6.07, 6.45) is 2.75. The van der Waals surface area contributed by atoms with Gasteiger partial charge in [0.15, 0.2) is 5.82 Å². The minimum absolute atomic E-state index is 0.296. The van der Waals surface area contributed by atoms with Crippen molar-refractivity contribution in [3.63, 3.8) is 0 Å². The molecule has 2 aromatic heterocycles. The number of hydrogen-bond acceptors (Lipinski definition) is 6. The molecule has 7 nitrogen and oxygen atoms in total. The van der Waals surface area contributed by atoms with Gasteiger partial charge in [-0.25, -0.2) is 0 Å². The first kappa shape index (κ1) is 12.5. The highest BCUT2D eigenvalue weighted by atomic mass is 32.1. The zero-order valence-corrected chi connectivity index (χ0v) is 11.0. The van der Waals surface area contributed by atoms with Gasteiger partial charge in [-0.15, -0.1) is 10.2 Å². The van der Waals surface area contributed by atoms with Crippen LogP contribution in [0.4, 0.5) is 10.9 Å². The summed E-state index contributed by atoms with van der Waals surface area (Å²) in [4.78, 5) is 11.8. The molecule has 2 N–H and O–H groups in total. The van der Waals surface area contributed by atoms with E-state index in [1.807, 2.05) is 0 Å². The molecule has 8 heteroatoms. The standard InChI is InChI=1S/C10H14N6OS/c1-3-5-11-10-14-13-9(18-10)8(17)12-7-4-6-16(2)15-7/h4,6H,3,5H2,1-2H3,(H,11,14)(H,12,15,17). The summed E-state index contributed by atoms with van der Waals surface area (Å²) in [5.41, 5.74) is 0. The molecule has 2 rings (SSSR count). The van der Waals surface area contributed by atoms with E-state index >= 15 is 0 Å². The number of amides is 1. The Bertz CT molecular complexity index is 534. The fourth-order valence-corrected chi connectivity index (χ4v) is 1.93. The number of anilines is 2. The van der Waals surface area contributed by atoms with Crippen LogP contribution in [0.2, 0.25) is 0 Å². The second-order valence-electron chi connectivity index (χ2n) is 3.67. The molecule has 96 valence electrons. The average Bonchev–Trinajstić information content (AvgIpc) is 2.96. The summed E-state index contributed by atoms with van der Waals surface area (Å²) in [6, 6.07) is 1.72. The monoisotopic (exact) mass is 266 g/mol. The van der Waals surface area contributed by atoms with Gasteiger partial charge in [-0.05, 0) is 6.42 Å². The van der Waals surface area contributed by atoms with E-state index in [1.54, 1.807) is 24.0 Å². The van der Waals surface area contributed by atoms with Gasteiger partial charge in [-0.1, -0.05) is 18.3 Å². The first-order valence-electron chi connectivity index (χ1n) is 5.57. The van der Waals surface area contributed by atoms with Crippen LogP contribution in [0.25, 0.3) is 0 Å². The van der Waals surface area contributed by atoms with Gasteiger partial charge in [0, 0.05) is 25.9 Å². The number of nitrogens with zero attached hydrogens (tertiary/aromatic N) is 4. The van der Waals surface area contributed by atoms with Crippen LogP contribution in [0.5, 0.6) is 0 Å². The van der Waals surface area contributed by atoms with E-state index in [0.717, 1.165) is 13.0 Å². The normalized spacial score (nSPS) is 10.3. The summed E-state index contributed by atoms with van der Waals surface area (Å²) < 4.78 is 1.62.